The molecule has 0 amide bonds. The third-order valence-corrected chi connectivity index (χ3v) is 21.7. The van der Waals surface area contributed by atoms with E-state index in [0.29, 0.717) is 42.8 Å². The highest BCUT2D eigenvalue weighted by Crippen LogP contribution is 2.49. The molecule has 0 radical (unpaired) electrons. The lowest BCUT2D eigenvalue weighted by Gasteiger charge is -2.29. The van der Waals surface area contributed by atoms with Crippen LogP contribution in [0.5, 0.6) is 5.75 Å². The van der Waals surface area contributed by atoms with E-state index < -0.39 is 11.6 Å². The van der Waals surface area contributed by atoms with Crippen molar-refractivity contribution >= 4 is 51.3 Å². The minimum atomic E-state index is -0.995. The molecule has 12 heteroatoms. The Balaban J connectivity index is 0.869. The van der Waals surface area contributed by atoms with Crippen LogP contribution in [0.4, 0.5) is 8.78 Å². The van der Waals surface area contributed by atoms with Crippen molar-refractivity contribution in [3.63, 3.8) is 0 Å². The summed E-state index contributed by atoms with van der Waals surface area (Å²) in [5.74, 6) is -0.928. The first-order chi connectivity index (χ1) is 41.3. The molecule has 7 rings (SSSR count). The molecule has 0 saturated heterocycles. The Labute approximate surface area is 520 Å². The summed E-state index contributed by atoms with van der Waals surface area (Å²) in [4.78, 5) is 22.9. The molecule has 1 aliphatic rings. The Morgan fingerprint density at radius 1 is 0.476 bits per heavy atom. The van der Waals surface area contributed by atoms with Crippen molar-refractivity contribution in [1.82, 2.24) is 0 Å². The zero-order chi connectivity index (χ0) is 59.1. The number of benzene rings is 2. The minimum absolute atomic E-state index is 0.0718. The average Bonchev–Trinajstić information content (AvgIpc) is 4.02. The van der Waals surface area contributed by atoms with Gasteiger partial charge in [0.25, 0.3) is 0 Å². The Bertz CT molecular complexity index is 2780. The second kappa shape index (κ2) is 38.5. The maximum absolute atomic E-state index is 15.3. The van der Waals surface area contributed by atoms with E-state index in [1.807, 2.05) is 46.1 Å². The first kappa shape index (κ1) is 67.8. The van der Waals surface area contributed by atoms with Gasteiger partial charge in [0.15, 0.2) is 11.6 Å². The molecule has 84 heavy (non-hydrogen) atoms. The van der Waals surface area contributed by atoms with Crippen LogP contribution in [0.15, 0.2) is 66.0 Å². The number of aryl methyl sites for hydroxylation is 4. The number of unbranched alkanes of at least 4 members (excludes halogenated alkanes) is 14. The summed E-state index contributed by atoms with van der Waals surface area (Å²) in [7, 11) is 0. The SMILES string of the molecule is CCCCCCc1cc(-c2sc(-c3sc(-c4sccc4CCCCCC)cc3CCCCCC)cc2CCCCCC)sc1C(=O)OCCOCCOCCOCCOc1ccc(-c2ccc(C3CCC(CCCCC)CC3)cc2)c(F)c1F. The van der Waals surface area contributed by atoms with Gasteiger partial charge in [-0.25, -0.2) is 9.18 Å². The molecule has 4 heterocycles. The van der Waals surface area contributed by atoms with Crippen LogP contribution >= 0.6 is 45.3 Å². The highest BCUT2D eigenvalue weighted by Gasteiger charge is 2.26. The van der Waals surface area contributed by atoms with Crippen LogP contribution in [0.3, 0.4) is 0 Å². The van der Waals surface area contributed by atoms with Crippen molar-refractivity contribution in [2.24, 2.45) is 5.92 Å². The van der Waals surface area contributed by atoms with Gasteiger partial charge in [-0.3, -0.25) is 0 Å². The average molecular weight is 1230 g/mol. The van der Waals surface area contributed by atoms with Gasteiger partial charge in [-0.05, 0) is 164 Å². The predicted molar refractivity (Wildman–Crippen MR) is 355 cm³/mol. The molecule has 462 valence electrons. The largest absolute Gasteiger partial charge is 0.488 e. The molecule has 4 aromatic heterocycles. The maximum Gasteiger partial charge on any atom is 0.348 e. The number of thiophene rings is 4. The number of halogens is 2. The summed E-state index contributed by atoms with van der Waals surface area (Å²) in [6, 6.07) is 20.8. The van der Waals surface area contributed by atoms with Crippen molar-refractivity contribution < 1.29 is 37.3 Å². The highest BCUT2D eigenvalue weighted by atomic mass is 32.1. The molecule has 1 aliphatic carbocycles. The van der Waals surface area contributed by atoms with Crippen LogP contribution in [-0.4, -0.2) is 58.8 Å². The summed E-state index contributed by atoms with van der Waals surface area (Å²) < 4.78 is 59.2. The number of esters is 1. The van der Waals surface area contributed by atoms with E-state index in [1.165, 1.54) is 186 Å². The fourth-order valence-corrected chi connectivity index (χ4v) is 16.7. The number of hydrogen-bond donors (Lipinski definition) is 0. The molecule has 6 nitrogen and oxygen atoms in total. The van der Waals surface area contributed by atoms with E-state index in [4.69, 9.17) is 23.7 Å². The van der Waals surface area contributed by atoms with Crippen LogP contribution < -0.4 is 4.74 Å². The van der Waals surface area contributed by atoms with Gasteiger partial charge in [-0.15, -0.1) is 45.3 Å². The molecule has 0 bridgehead atoms. The summed E-state index contributed by atoms with van der Waals surface area (Å²) >= 11 is 7.44. The Hall–Kier alpha value is -3.75. The van der Waals surface area contributed by atoms with E-state index in [0.717, 1.165) is 62.8 Å². The summed E-state index contributed by atoms with van der Waals surface area (Å²) in [6.45, 7) is 13.4. The van der Waals surface area contributed by atoms with E-state index in [-0.39, 0.29) is 43.7 Å². The van der Waals surface area contributed by atoms with Gasteiger partial charge in [-0.2, -0.15) is 4.39 Å². The van der Waals surface area contributed by atoms with Gasteiger partial charge in [-0.1, -0.05) is 162 Å². The molecule has 6 aromatic rings. The summed E-state index contributed by atoms with van der Waals surface area (Å²) in [6.07, 6.45) is 33.8. The number of ether oxygens (including phenoxy) is 5. The lowest BCUT2D eigenvalue weighted by molar-refractivity contribution is -0.00226. The van der Waals surface area contributed by atoms with Gasteiger partial charge >= 0.3 is 5.97 Å². The summed E-state index contributed by atoms with van der Waals surface area (Å²) in [5, 5.41) is 2.29. The molecular weight excluding hydrogens is 1130 g/mol. The Morgan fingerprint density at radius 2 is 0.964 bits per heavy atom. The van der Waals surface area contributed by atoms with Crippen LogP contribution in [0.2, 0.25) is 0 Å². The molecule has 1 fully saturated rings. The maximum atomic E-state index is 15.3. The normalized spacial score (nSPS) is 14.5. The first-order valence-corrected chi connectivity index (χ1v) is 36.2. The molecule has 2 aromatic carbocycles. The predicted octanol–water partition coefficient (Wildman–Crippen LogP) is 22.5. The van der Waals surface area contributed by atoms with Gasteiger partial charge < -0.3 is 23.7 Å². The van der Waals surface area contributed by atoms with Crippen molar-refractivity contribution in [3.05, 3.63) is 110 Å². The van der Waals surface area contributed by atoms with Crippen molar-refractivity contribution in [2.75, 3.05) is 52.9 Å². The molecule has 0 atom stereocenters. The van der Waals surface area contributed by atoms with E-state index in [2.05, 4.69) is 76.4 Å². The van der Waals surface area contributed by atoms with Crippen molar-refractivity contribution in [1.29, 1.82) is 0 Å². The Kier molecular flexibility index (Phi) is 31.1. The van der Waals surface area contributed by atoms with Gasteiger partial charge in [0.05, 0.1) is 39.6 Å². The topological polar surface area (TPSA) is 63.2 Å². The van der Waals surface area contributed by atoms with Crippen LogP contribution in [0, 0.1) is 17.6 Å². The number of carbonyl (C=O) groups excluding carboxylic acids is 1. The molecular formula is C72H100F2O6S4. The fraction of sp³-hybridized carbons (Fsp3) is 0.597. The first-order valence-electron chi connectivity index (χ1n) is 32.8. The number of hydrogen-bond acceptors (Lipinski definition) is 10. The minimum Gasteiger partial charge on any atom is -0.488 e. The van der Waals surface area contributed by atoms with Crippen LogP contribution in [0.1, 0.15) is 232 Å². The van der Waals surface area contributed by atoms with Gasteiger partial charge in [0.2, 0.25) is 5.82 Å². The van der Waals surface area contributed by atoms with Gasteiger partial charge in [0, 0.05) is 34.8 Å². The third-order valence-electron chi connectivity index (χ3n) is 16.7. The second-order valence-electron chi connectivity index (χ2n) is 23.3. The van der Waals surface area contributed by atoms with Crippen molar-refractivity contribution in [3.8, 4) is 46.1 Å². The van der Waals surface area contributed by atoms with Gasteiger partial charge in [0.1, 0.15) is 18.1 Å². The quantitative estimate of drug-likeness (QED) is 0.0281. The molecule has 0 aliphatic heterocycles. The molecule has 0 N–H and O–H groups in total. The van der Waals surface area contributed by atoms with E-state index in [9.17, 15) is 4.79 Å². The van der Waals surface area contributed by atoms with Crippen LogP contribution in [-0.2, 0) is 44.6 Å². The Morgan fingerprint density at radius 3 is 1.54 bits per heavy atom. The zero-order valence-corrected chi connectivity index (χ0v) is 55.1. The third kappa shape index (κ3) is 21.2. The van der Waals surface area contributed by atoms with Crippen LogP contribution in [0.25, 0.3) is 40.4 Å². The fourth-order valence-electron chi connectivity index (χ4n) is 11.8. The number of rotatable bonds is 43. The second-order valence-corrected chi connectivity index (χ2v) is 27.4. The summed E-state index contributed by atoms with van der Waals surface area (Å²) in [5.41, 5.74) is 7.66. The lowest BCUT2D eigenvalue weighted by atomic mass is 9.77. The molecule has 1 saturated carbocycles. The lowest BCUT2D eigenvalue weighted by Crippen LogP contribution is -2.15. The van der Waals surface area contributed by atoms with E-state index >= 15 is 8.78 Å². The number of carbonyl (C=O) groups is 1. The monoisotopic (exact) mass is 1230 g/mol. The highest BCUT2D eigenvalue weighted by molar-refractivity contribution is 7.28. The smallest absolute Gasteiger partial charge is 0.348 e. The molecule has 0 unspecified atom stereocenters. The zero-order valence-electron chi connectivity index (χ0n) is 51.8. The standard InChI is InChI=1S/C72H100F2O6S4/c1-6-11-16-21-26-57-40-49-81-68(57)63-50-58(27-22-17-12-7-2)69(82-63)64-51-59(28-23-18-13-8-3)70(83-64)65-52-60(29-24-19-14-9-4)71(84-65)72(75)80-48-46-78-44-42-76-41-43-77-45-47-79-62-39-38-61(66(73)67(62)74)56-36-34-55(35-37-56)54-32-30-53(31-33-54)25-20-15-10-5/h34-40,49-54H,6-33,41-48H2,1-5H3. The van der Waals surface area contributed by atoms with E-state index in [1.54, 1.807) is 17.4 Å². The molecule has 0 spiro atoms. The van der Waals surface area contributed by atoms with Crippen molar-refractivity contribution in [2.45, 2.75) is 220 Å².